The first-order chi connectivity index (χ1) is 10.1. The predicted molar refractivity (Wildman–Crippen MR) is 86.0 cm³/mol. The number of morpholine rings is 1. The molecule has 3 rings (SSSR count). The molecule has 0 bridgehead atoms. The summed E-state index contributed by atoms with van der Waals surface area (Å²) in [4.78, 5) is 19.1. The minimum atomic E-state index is -0.148. The number of thioether (sulfide) groups is 1. The average Bonchev–Trinajstić information content (AvgIpc) is 2.80. The molecule has 1 aromatic carbocycles. The van der Waals surface area contributed by atoms with Crippen molar-refractivity contribution >= 4 is 28.9 Å². The summed E-state index contributed by atoms with van der Waals surface area (Å²) in [5.41, 5.74) is 1.02. The van der Waals surface area contributed by atoms with E-state index in [0.29, 0.717) is 4.91 Å². The van der Waals surface area contributed by atoms with Crippen LogP contribution >= 0.6 is 11.8 Å². The van der Waals surface area contributed by atoms with Crippen LogP contribution in [-0.4, -0.2) is 41.3 Å². The standard InChI is InChI=1S/C16H18N2O2S/c1-11-9-18(10-12(2)20-11)16-17-15(19)14(21-16)8-13-6-4-3-5-7-13/h3-8,11-12H,9-10H2,1-2H3/b14-8+/t11-,12-/m0/s1. The fourth-order valence-electron chi connectivity index (χ4n) is 2.57. The highest BCUT2D eigenvalue weighted by Gasteiger charge is 2.30. The van der Waals surface area contributed by atoms with Crippen molar-refractivity contribution < 1.29 is 9.53 Å². The summed E-state index contributed by atoms with van der Waals surface area (Å²) in [5.74, 6) is -0.148. The second-order valence-electron chi connectivity index (χ2n) is 5.38. The maximum Gasteiger partial charge on any atom is 0.286 e. The number of amidine groups is 1. The van der Waals surface area contributed by atoms with Crippen LogP contribution in [0.4, 0.5) is 0 Å². The normalized spacial score (nSPS) is 28.1. The minimum Gasteiger partial charge on any atom is -0.372 e. The molecule has 2 aliphatic rings. The third kappa shape index (κ3) is 3.36. The van der Waals surface area contributed by atoms with Crippen molar-refractivity contribution in [3.05, 3.63) is 40.8 Å². The van der Waals surface area contributed by atoms with Gasteiger partial charge in [-0.2, -0.15) is 4.99 Å². The van der Waals surface area contributed by atoms with Crippen LogP contribution in [0, 0.1) is 0 Å². The Balaban J connectivity index is 1.74. The van der Waals surface area contributed by atoms with Gasteiger partial charge in [-0.15, -0.1) is 0 Å². The first-order valence-electron chi connectivity index (χ1n) is 7.10. The van der Waals surface area contributed by atoms with Crippen LogP contribution < -0.4 is 0 Å². The highest BCUT2D eigenvalue weighted by Crippen LogP contribution is 2.31. The number of nitrogens with zero attached hydrogens (tertiary/aromatic N) is 2. The number of hydrogen-bond donors (Lipinski definition) is 0. The summed E-state index contributed by atoms with van der Waals surface area (Å²) in [6.07, 6.45) is 2.22. The van der Waals surface area contributed by atoms with Crippen molar-refractivity contribution in [1.29, 1.82) is 0 Å². The Labute approximate surface area is 128 Å². The Morgan fingerprint density at radius 2 is 1.90 bits per heavy atom. The molecule has 1 amide bonds. The number of ether oxygens (including phenoxy) is 1. The fraction of sp³-hybridized carbons (Fsp3) is 0.375. The van der Waals surface area contributed by atoms with Crippen LogP contribution in [0.2, 0.25) is 0 Å². The third-order valence-electron chi connectivity index (χ3n) is 3.40. The zero-order valence-electron chi connectivity index (χ0n) is 12.2. The lowest BCUT2D eigenvalue weighted by Gasteiger charge is -2.35. The van der Waals surface area contributed by atoms with Crippen molar-refractivity contribution in [3.63, 3.8) is 0 Å². The Morgan fingerprint density at radius 3 is 2.57 bits per heavy atom. The van der Waals surface area contributed by atoms with Crippen LogP contribution in [0.3, 0.4) is 0 Å². The third-order valence-corrected chi connectivity index (χ3v) is 4.44. The molecule has 0 saturated carbocycles. The molecule has 0 radical (unpaired) electrons. The average molecular weight is 302 g/mol. The molecule has 5 heteroatoms. The number of amides is 1. The molecular weight excluding hydrogens is 284 g/mol. The van der Waals surface area contributed by atoms with Gasteiger partial charge >= 0.3 is 0 Å². The van der Waals surface area contributed by atoms with E-state index in [1.165, 1.54) is 11.8 Å². The second kappa shape index (κ2) is 6.03. The van der Waals surface area contributed by atoms with Crippen molar-refractivity contribution in [1.82, 2.24) is 4.90 Å². The summed E-state index contributed by atoms with van der Waals surface area (Å²) < 4.78 is 5.72. The molecule has 1 aromatic rings. The van der Waals surface area contributed by atoms with E-state index in [1.807, 2.05) is 50.3 Å². The van der Waals surface area contributed by atoms with E-state index in [4.69, 9.17) is 4.74 Å². The van der Waals surface area contributed by atoms with Crippen LogP contribution in [0.15, 0.2) is 40.2 Å². The molecule has 2 heterocycles. The quantitative estimate of drug-likeness (QED) is 0.748. The summed E-state index contributed by atoms with van der Waals surface area (Å²) in [5, 5.41) is 0.796. The molecule has 4 nitrogen and oxygen atoms in total. The smallest absolute Gasteiger partial charge is 0.286 e. The summed E-state index contributed by atoms with van der Waals surface area (Å²) in [6, 6.07) is 9.85. The fourth-order valence-corrected chi connectivity index (χ4v) is 3.50. The van der Waals surface area contributed by atoms with Gasteiger partial charge in [-0.05, 0) is 37.2 Å². The summed E-state index contributed by atoms with van der Waals surface area (Å²) >= 11 is 1.46. The number of aliphatic imine (C=N–C) groups is 1. The van der Waals surface area contributed by atoms with E-state index in [9.17, 15) is 4.79 Å². The van der Waals surface area contributed by atoms with Crippen LogP contribution in [-0.2, 0) is 9.53 Å². The van der Waals surface area contributed by atoms with Gasteiger partial charge in [0.2, 0.25) is 0 Å². The van der Waals surface area contributed by atoms with E-state index >= 15 is 0 Å². The van der Waals surface area contributed by atoms with E-state index in [2.05, 4.69) is 9.89 Å². The Morgan fingerprint density at radius 1 is 1.24 bits per heavy atom. The van der Waals surface area contributed by atoms with Gasteiger partial charge in [-0.3, -0.25) is 4.79 Å². The zero-order chi connectivity index (χ0) is 14.8. The number of hydrogen-bond acceptors (Lipinski definition) is 4. The molecule has 110 valence electrons. The van der Waals surface area contributed by atoms with Crippen LogP contribution in [0.25, 0.3) is 6.08 Å². The van der Waals surface area contributed by atoms with Crippen molar-refractivity contribution in [2.24, 2.45) is 4.99 Å². The topological polar surface area (TPSA) is 41.9 Å². The molecule has 0 aliphatic carbocycles. The largest absolute Gasteiger partial charge is 0.372 e. The van der Waals surface area contributed by atoms with Crippen molar-refractivity contribution in [2.75, 3.05) is 13.1 Å². The van der Waals surface area contributed by atoms with Crippen LogP contribution in [0.5, 0.6) is 0 Å². The lowest BCUT2D eigenvalue weighted by Crippen LogP contribution is -2.47. The van der Waals surface area contributed by atoms with Crippen molar-refractivity contribution in [2.45, 2.75) is 26.1 Å². The molecule has 0 N–H and O–H groups in total. The molecule has 21 heavy (non-hydrogen) atoms. The minimum absolute atomic E-state index is 0.148. The molecule has 1 saturated heterocycles. The predicted octanol–water partition coefficient (Wildman–Crippen LogP) is 2.77. The Kier molecular flexibility index (Phi) is 4.12. The molecule has 2 atom stereocenters. The summed E-state index contributed by atoms with van der Waals surface area (Å²) in [7, 11) is 0. The second-order valence-corrected chi connectivity index (χ2v) is 6.39. The van der Waals surface area contributed by atoms with Crippen molar-refractivity contribution in [3.8, 4) is 0 Å². The molecule has 1 fully saturated rings. The maximum atomic E-state index is 12.1. The van der Waals surface area contributed by atoms with Gasteiger partial charge in [0.1, 0.15) is 0 Å². The van der Waals surface area contributed by atoms with E-state index < -0.39 is 0 Å². The first-order valence-corrected chi connectivity index (χ1v) is 7.91. The van der Waals surface area contributed by atoms with Gasteiger partial charge in [0.25, 0.3) is 5.91 Å². The SMILES string of the molecule is C[C@H]1CN(C2=NC(=O)/C(=C\c3ccccc3)S2)C[C@H](C)O1. The first kappa shape index (κ1) is 14.4. The molecule has 0 aromatic heterocycles. The zero-order valence-corrected chi connectivity index (χ0v) is 13.0. The van der Waals surface area contributed by atoms with Gasteiger partial charge < -0.3 is 9.64 Å². The molecule has 0 spiro atoms. The van der Waals surface area contributed by atoms with Gasteiger partial charge in [0.15, 0.2) is 5.17 Å². The molecule has 2 aliphatic heterocycles. The van der Waals surface area contributed by atoms with Gasteiger partial charge in [0, 0.05) is 13.1 Å². The van der Waals surface area contributed by atoms with E-state index in [0.717, 1.165) is 23.8 Å². The van der Waals surface area contributed by atoms with Crippen LogP contribution in [0.1, 0.15) is 19.4 Å². The maximum absolute atomic E-state index is 12.1. The lowest BCUT2D eigenvalue weighted by atomic mass is 10.2. The van der Waals surface area contributed by atoms with E-state index in [-0.39, 0.29) is 18.1 Å². The highest BCUT2D eigenvalue weighted by molar-refractivity contribution is 8.18. The molecular formula is C16H18N2O2S. The van der Waals surface area contributed by atoms with Gasteiger partial charge in [-0.25, -0.2) is 0 Å². The molecule has 0 unspecified atom stereocenters. The highest BCUT2D eigenvalue weighted by atomic mass is 32.2. The Hall–Kier alpha value is -1.59. The van der Waals surface area contributed by atoms with Gasteiger partial charge in [-0.1, -0.05) is 30.3 Å². The number of carbonyl (C=O) groups excluding carboxylic acids is 1. The number of benzene rings is 1. The van der Waals surface area contributed by atoms with Gasteiger partial charge in [0.05, 0.1) is 17.1 Å². The summed E-state index contributed by atoms with van der Waals surface area (Å²) in [6.45, 7) is 5.65. The lowest BCUT2D eigenvalue weighted by molar-refractivity contribution is -0.113. The monoisotopic (exact) mass is 302 g/mol. The number of rotatable bonds is 1. The number of carbonyl (C=O) groups is 1. The Bertz CT molecular complexity index is 588. The van der Waals surface area contributed by atoms with E-state index in [1.54, 1.807) is 0 Å².